The van der Waals surface area contributed by atoms with Crippen LogP contribution in [0.3, 0.4) is 0 Å². The van der Waals surface area contributed by atoms with Crippen LogP contribution in [-0.4, -0.2) is 36.8 Å². The largest absolute Gasteiger partial charge is 0.298 e. The van der Waals surface area contributed by atoms with E-state index in [9.17, 15) is 31.6 Å². The maximum Gasteiger partial charge on any atom is 0.266 e. The molecule has 1 aromatic carbocycles. The topological polar surface area (TPSA) is 101 Å². The van der Waals surface area contributed by atoms with E-state index in [2.05, 4.69) is 4.98 Å². The molecule has 0 aliphatic carbocycles. The van der Waals surface area contributed by atoms with Crippen LogP contribution in [0.2, 0.25) is 0 Å². The number of halogens is 2. The summed E-state index contributed by atoms with van der Waals surface area (Å²) in [6.07, 6.45) is 0.910. The lowest BCUT2D eigenvalue weighted by Crippen LogP contribution is -2.43. The third kappa shape index (κ3) is 4.34. The fourth-order valence-corrected chi connectivity index (χ4v) is 5.62. The molecule has 0 atom stereocenters. The molecular formula is C21H14F2N2O5S2. The molecule has 0 fully saturated rings. The van der Waals surface area contributed by atoms with Crippen LogP contribution in [-0.2, 0) is 32.3 Å². The van der Waals surface area contributed by atoms with Crippen LogP contribution in [0.5, 0.6) is 0 Å². The molecule has 7 nitrogen and oxygen atoms in total. The summed E-state index contributed by atoms with van der Waals surface area (Å²) >= 11 is 0.445. The number of rotatable bonds is 6. The number of fused-ring (bicyclic) bond motifs is 1. The second kappa shape index (κ2) is 8.32. The monoisotopic (exact) mass is 476 g/mol. The third-order valence-electron chi connectivity index (χ3n) is 4.74. The van der Waals surface area contributed by atoms with E-state index in [0.29, 0.717) is 22.5 Å². The van der Waals surface area contributed by atoms with Crippen LogP contribution in [0.15, 0.2) is 52.9 Å². The third-order valence-corrected chi connectivity index (χ3v) is 7.87. The highest BCUT2D eigenvalue weighted by atomic mass is 32.2. The van der Waals surface area contributed by atoms with E-state index in [0.717, 1.165) is 23.1 Å². The van der Waals surface area contributed by atoms with Gasteiger partial charge < -0.3 is 0 Å². The molecule has 0 unspecified atom stereocenters. The molecule has 0 spiro atoms. The number of carbonyl (C=O) groups is 3. The molecule has 3 heterocycles. The van der Waals surface area contributed by atoms with Gasteiger partial charge in [-0.05, 0) is 41.5 Å². The average Bonchev–Trinajstić information content (AvgIpc) is 3.17. The van der Waals surface area contributed by atoms with Crippen molar-refractivity contribution in [2.45, 2.75) is 17.1 Å². The summed E-state index contributed by atoms with van der Waals surface area (Å²) in [6.45, 7) is 0. The number of carbonyl (C=O) groups excluding carboxylic acids is 3. The molecule has 11 heteroatoms. The van der Waals surface area contributed by atoms with Crippen molar-refractivity contribution in [3.8, 4) is 0 Å². The number of thiophene rings is 1. The summed E-state index contributed by atoms with van der Waals surface area (Å²) in [4.78, 5) is 42.2. The number of benzene rings is 1. The van der Waals surface area contributed by atoms with E-state index in [1.807, 2.05) is 0 Å². The van der Waals surface area contributed by atoms with Gasteiger partial charge in [0.25, 0.3) is 5.91 Å². The Morgan fingerprint density at radius 1 is 1.09 bits per heavy atom. The number of amides is 2. The van der Waals surface area contributed by atoms with E-state index in [1.54, 1.807) is 0 Å². The first-order chi connectivity index (χ1) is 15.1. The van der Waals surface area contributed by atoms with E-state index >= 15 is 0 Å². The molecule has 1 aliphatic heterocycles. The lowest BCUT2D eigenvalue weighted by Gasteiger charge is -2.26. The highest BCUT2D eigenvalue weighted by molar-refractivity contribution is 7.94. The summed E-state index contributed by atoms with van der Waals surface area (Å²) in [5.41, 5.74) is 0.863. The zero-order valence-corrected chi connectivity index (χ0v) is 17.9. The van der Waals surface area contributed by atoms with Crippen LogP contribution < -0.4 is 4.90 Å². The van der Waals surface area contributed by atoms with Crippen LogP contribution >= 0.6 is 11.3 Å². The number of Topliss-reactive ketones (excluding diaryl/α,β-unsaturated/α-hetero) is 1. The number of sulfone groups is 1. The van der Waals surface area contributed by atoms with Gasteiger partial charge in [0.15, 0.2) is 20.8 Å². The lowest BCUT2D eigenvalue weighted by molar-refractivity contribution is -0.118. The molecule has 0 saturated carbocycles. The number of anilines is 1. The fourth-order valence-electron chi connectivity index (χ4n) is 3.29. The normalized spacial score (nSPS) is 13.9. The summed E-state index contributed by atoms with van der Waals surface area (Å²) in [5, 5.41) is -0.664. The molecule has 0 bridgehead atoms. The Labute approximate surface area is 185 Å². The number of hydrogen-bond acceptors (Lipinski definition) is 7. The highest BCUT2D eigenvalue weighted by Gasteiger charge is 2.33. The quantitative estimate of drug-likeness (QED) is 0.507. The second-order valence-electron chi connectivity index (χ2n) is 7.07. The van der Waals surface area contributed by atoms with Crippen molar-refractivity contribution in [1.82, 2.24) is 4.98 Å². The molecule has 1 aliphatic rings. The van der Waals surface area contributed by atoms with Gasteiger partial charge in [0.2, 0.25) is 5.91 Å². The van der Waals surface area contributed by atoms with Crippen molar-refractivity contribution >= 4 is 44.6 Å². The number of pyridine rings is 1. The minimum absolute atomic E-state index is 0.00722. The van der Waals surface area contributed by atoms with Crippen LogP contribution in [0.25, 0.3) is 0 Å². The second-order valence-corrected chi connectivity index (χ2v) is 10.3. The van der Waals surface area contributed by atoms with Crippen molar-refractivity contribution < 1.29 is 31.6 Å². The van der Waals surface area contributed by atoms with Crippen molar-refractivity contribution in [2.75, 3.05) is 10.7 Å². The molecule has 0 radical (unpaired) electrons. The minimum Gasteiger partial charge on any atom is -0.298 e. The van der Waals surface area contributed by atoms with Gasteiger partial charge in [0, 0.05) is 18.2 Å². The maximum atomic E-state index is 13.5. The van der Waals surface area contributed by atoms with Crippen molar-refractivity contribution in [3.05, 3.63) is 76.3 Å². The predicted molar refractivity (Wildman–Crippen MR) is 111 cm³/mol. The SMILES string of the molecule is O=C(Cc1ccc(N2C(=O)Cc3ccc(F)cc3C2=O)nc1)CS(=O)(=O)c1ccc(F)s1. The predicted octanol–water partition coefficient (Wildman–Crippen LogP) is 2.74. The van der Waals surface area contributed by atoms with Gasteiger partial charge in [-0.25, -0.2) is 22.7 Å². The first kappa shape index (κ1) is 21.9. The zero-order chi connectivity index (χ0) is 23.0. The van der Waals surface area contributed by atoms with Crippen LogP contribution in [0.4, 0.5) is 14.6 Å². The molecule has 4 rings (SSSR count). The van der Waals surface area contributed by atoms with Crippen LogP contribution in [0.1, 0.15) is 21.5 Å². The Morgan fingerprint density at radius 3 is 2.53 bits per heavy atom. The molecule has 164 valence electrons. The van der Waals surface area contributed by atoms with Crippen molar-refractivity contribution in [3.63, 3.8) is 0 Å². The standard InChI is InChI=1S/C21H14F2N2O5S2/c22-14-3-2-13-8-19(27)25(21(28)16(13)9-14)18-5-1-12(10-24-18)7-15(26)11-32(29,30)20-6-4-17(23)31-20/h1-6,9-10H,7-8,11H2. The first-order valence-electron chi connectivity index (χ1n) is 9.24. The van der Waals surface area contributed by atoms with Crippen molar-refractivity contribution in [2.24, 2.45) is 0 Å². The number of nitrogens with zero attached hydrogens (tertiary/aromatic N) is 2. The fraction of sp³-hybridized carbons (Fsp3) is 0.143. The summed E-state index contributed by atoms with van der Waals surface area (Å²) in [7, 11) is -3.95. The number of imide groups is 1. The summed E-state index contributed by atoms with van der Waals surface area (Å²) in [6, 6.07) is 8.54. The van der Waals surface area contributed by atoms with Gasteiger partial charge in [-0.3, -0.25) is 14.4 Å². The maximum absolute atomic E-state index is 13.5. The van der Waals surface area contributed by atoms with E-state index in [4.69, 9.17) is 0 Å². The Morgan fingerprint density at radius 2 is 1.88 bits per heavy atom. The number of hydrogen-bond donors (Lipinski definition) is 0. The smallest absolute Gasteiger partial charge is 0.266 e. The lowest BCUT2D eigenvalue weighted by atomic mass is 9.98. The molecule has 32 heavy (non-hydrogen) atoms. The zero-order valence-electron chi connectivity index (χ0n) is 16.2. The van der Waals surface area contributed by atoms with E-state index in [-0.39, 0.29) is 28.4 Å². The molecular weight excluding hydrogens is 462 g/mol. The average molecular weight is 476 g/mol. The molecule has 3 aromatic rings. The van der Waals surface area contributed by atoms with E-state index < -0.39 is 44.1 Å². The minimum atomic E-state index is -3.95. The Hall–Kier alpha value is -3.31. The number of aromatic nitrogens is 1. The number of ketones is 1. The van der Waals surface area contributed by atoms with Gasteiger partial charge in [0.1, 0.15) is 21.6 Å². The molecule has 0 N–H and O–H groups in total. The van der Waals surface area contributed by atoms with Gasteiger partial charge >= 0.3 is 0 Å². The summed E-state index contributed by atoms with van der Waals surface area (Å²) in [5.74, 6) is -3.25. The van der Waals surface area contributed by atoms with Crippen molar-refractivity contribution in [1.29, 1.82) is 0 Å². The van der Waals surface area contributed by atoms with Gasteiger partial charge in [-0.2, -0.15) is 4.39 Å². The first-order valence-corrected chi connectivity index (χ1v) is 11.7. The Balaban J connectivity index is 1.48. The van der Waals surface area contributed by atoms with Gasteiger partial charge in [0.05, 0.1) is 6.42 Å². The van der Waals surface area contributed by atoms with E-state index in [1.165, 1.54) is 30.5 Å². The highest BCUT2D eigenvalue weighted by Crippen LogP contribution is 2.25. The molecule has 2 amide bonds. The molecule has 2 aromatic heterocycles. The van der Waals surface area contributed by atoms with Crippen LogP contribution in [0, 0.1) is 10.9 Å². The summed E-state index contributed by atoms with van der Waals surface area (Å²) < 4.78 is 50.8. The Bertz CT molecular complexity index is 1350. The van der Waals surface area contributed by atoms with Gasteiger partial charge in [-0.1, -0.05) is 23.5 Å². The Kier molecular flexibility index (Phi) is 5.70. The van der Waals surface area contributed by atoms with Gasteiger partial charge in [-0.15, -0.1) is 0 Å². The molecule has 0 saturated heterocycles.